The molecule has 0 bridgehead atoms. The maximum absolute atomic E-state index is 6.43. The first-order valence-electron chi connectivity index (χ1n) is 9.01. The van der Waals surface area contributed by atoms with E-state index in [1.54, 1.807) is 12.4 Å². The summed E-state index contributed by atoms with van der Waals surface area (Å²) in [6, 6.07) is 12.2. The van der Waals surface area contributed by atoms with E-state index in [0.29, 0.717) is 12.4 Å². The molecule has 0 atom stereocenters. The molecule has 4 heterocycles. The van der Waals surface area contributed by atoms with Gasteiger partial charge in [-0.05, 0) is 42.2 Å². The third kappa shape index (κ3) is 2.32. The summed E-state index contributed by atoms with van der Waals surface area (Å²) in [4.78, 5) is 13.3. The summed E-state index contributed by atoms with van der Waals surface area (Å²) in [5.41, 5.74) is 4.16. The topological polar surface area (TPSA) is 45.4 Å². The maximum atomic E-state index is 6.43. The summed E-state index contributed by atoms with van der Waals surface area (Å²) >= 11 is 0. The minimum atomic E-state index is -0.533. The van der Waals surface area contributed by atoms with Crippen LogP contribution in [0.25, 0.3) is 22.1 Å². The molecule has 0 aliphatic carbocycles. The van der Waals surface area contributed by atoms with Crippen LogP contribution in [0.1, 0.15) is 19.4 Å². The minimum Gasteiger partial charge on any atom is -0.435 e. The molecule has 5 rings (SSSR count). The fourth-order valence-corrected chi connectivity index (χ4v) is 3.83. The molecule has 0 amide bonds. The Morgan fingerprint density at radius 2 is 1.81 bits per heavy atom. The molecule has 0 unspecified atom stereocenters. The smallest absolute Gasteiger partial charge is 0.227 e. The van der Waals surface area contributed by atoms with Gasteiger partial charge in [0.1, 0.15) is 7.85 Å². The molecule has 27 heavy (non-hydrogen) atoms. The van der Waals surface area contributed by atoms with Crippen molar-refractivity contribution in [3.05, 3.63) is 54.4 Å². The Hall–Kier alpha value is -3.02. The summed E-state index contributed by atoms with van der Waals surface area (Å²) in [7, 11) is 6.43. The van der Waals surface area contributed by atoms with Crippen molar-refractivity contribution in [2.24, 2.45) is 0 Å². The van der Waals surface area contributed by atoms with Gasteiger partial charge in [-0.15, -0.1) is 0 Å². The highest BCUT2D eigenvalue weighted by atomic mass is 16.3. The number of benzene rings is 1. The van der Waals surface area contributed by atoms with Crippen LogP contribution in [-0.4, -0.2) is 29.9 Å². The van der Waals surface area contributed by atoms with E-state index in [4.69, 9.17) is 12.3 Å². The normalized spacial score (nSPS) is 14.3. The van der Waals surface area contributed by atoms with Crippen molar-refractivity contribution in [2.75, 3.05) is 16.5 Å². The van der Waals surface area contributed by atoms with Crippen LogP contribution >= 0.6 is 0 Å². The van der Waals surface area contributed by atoms with Crippen molar-refractivity contribution in [3.63, 3.8) is 0 Å². The third-order valence-corrected chi connectivity index (χ3v) is 5.15. The lowest BCUT2D eigenvalue weighted by atomic mass is 9.80. The molecule has 2 radical (unpaired) electrons. The first-order chi connectivity index (χ1) is 12.9. The van der Waals surface area contributed by atoms with Crippen LogP contribution in [0, 0.1) is 6.92 Å². The third-order valence-electron chi connectivity index (χ3n) is 5.15. The number of hydrogen-bond acceptors (Lipinski definition) is 5. The summed E-state index contributed by atoms with van der Waals surface area (Å²) in [6.45, 7) is 6.70. The van der Waals surface area contributed by atoms with E-state index in [-0.39, 0.29) is 0 Å². The zero-order valence-corrected chi connectivity index (χ0v) is 15.6. The Bertz CT molecular complexity index is 1180. The average molecular weight is 354 g/mol. The molecule has 6 heteroatoms. The second-order valence-corrected chi connectivity index (χ2v) is 7.56. The number of fused-ring (bicyclic) bond motifs is 4. The van der Waals surface area contributed by atoms with E-state index >= 15 is 0 Å². The number of hydrogen-bond donors (Lipinski definition) is 0. The van der Waals surface area contributed by atoms with Gasteiger partial charge in [0, 0.05) is 23.2 Å². The van der Waals surface area contributed by atoms with E-state index in [0.717, 1.165) is 39.1 Å². The molecule has 3 aromatic heterocycles. The molecular weight excluding hydrogens is 335 g/mol. The lowest BCUT2D eigenvalue weighted by molar-refractivity contribution is 0.631. The van der Waals surface area contributed by atoms with E-state index in [1.807, 2.05) is 32.0 Å². The van der Waals surface area contributed by atoms with E-state index in [2.05, 4.69) is 44.9 Å². The van der Waals surface area contributed by atoms with E-state index in [9.17, 15) is 0 Å². The van der Waals surface area contributed by atoms with Gasteiger partial charge in [-0.25, -0.2) is 9.97 Å². The maximum Gasteiger partial charge on any atom is 0.227 e. The van der Waals surface area contributed by atoms with Crippen LogP contribution in [0.3, 0.4) is 0 Å². The SMILES string of the molecule is [B]C(C)(C)N1CN(c2c(C)ccc3c2oc2ncccc23)c2cccnc21. The lowest BCUT2D eigenvalue weighted by Crippen LogP contribution is -2.46. The highest BCUT2D eigenvalue weighted by molar-refractivity contribution is 6.17. The Labute approximate surface area is 159 Å². The standard InChI is InChI=1S/C21H19BN4O/c1-13-8-9-14-15-6-4-11-24-20(15)27-18(14)17(13)25-12-26(21(2,3)22)19-16(25)7-5-10-23-19/h4-11H,12H2,1-3H3. The van der Waals surface area contributed by atoms with Crippen molar-refractivity contribution in [3.8, 4) is 0 Å². The van der Waals surface area contributed by atoms with Gasteiger partial charge in [0.25, 0.3) is 0 Å². The molecule has 0 saturated carbocycles. The fraction of sp³-hybridized carbons (Fsp3) is 0.238. The van der Waals surface area contributed by atoms with Gasteiger partial charge >= 0.3 is 0 Å². The first-order valence-corrected chi connectivity index (χ1v) is 9.01. The molecule has 1 aliphatic rings. The molecule has 5 nitrogen and oxygen atoms in total. The number of rotatable bonds is 2. The molecule has 0 saturated heterocycles. The predicted molar refractivity (Wildman–Crippen MR) is 110 cm³/mol. The van der Waals surface area contributed by atoms with Crippen LogP contribution < -0.4 is 9.80 Å². The summed E-state index contributed by atoms with van der Waals surface area (Å²) in [6.07, 6.45) is 3.56. The molecule has 0 spiro atoms. The second-order valence-electron chi connectivity index (χ2n) is 7.56. The van der Waals surface area contributed by atoms with Crippen molar-refractivity contribution in [1.29, 1.82) is 0 Å². The predicted octanol–water partition coefficient (Wildman–Crippen LogP) is 4.50. The Morgan fingerprint density at radius 1 is 1.04 bits per heavy atom. The van der Waals surface area contributed by atoms with Crippen LogP contribution in [-0.2, 0) is 0 Å². The van der Waals surface area contributed by atoms with E-state index in [1.165, 1.54) is 0 Å². The van der Waals surface area contributed by atoms with Crippen molar-refractivity contribution in [2.45, 2.75) is 26.2 Å². The Balaban J connectivity index is 1.78. The quantitative estimate of drug-likeness (QED) is 0.496. The monoisotopic (exact) mass is 354 g/mol. The number of nitrogens with zero attached hydrogens (tertiary/aromatic N) is 4. The lowest BCUT2D eigenvalue weighted by Gasteiger charge is -2.34. The highest BCUT2D eigenvalue weighted by Crippen LogP contribution is 2.46. The zero-order chi connectivity index (χ0) is 18.8. The highest BCUT2D eigenvalue weighted by Gasteiger charge is 2.36. The van der Waals surface area contributed by atoms with Crippen molar-refractivity contribution in [1.82, 2.24) is 9.97 Å². The van der Waals surface area contributed by atoms with Crippen molar-refractivity contribution < 1.29 is 4.42 Å². The molecule has 0 N–H and O–H groups in total. The zero-order valence-electron chi connectivity index (χ0n) is 15.6. The minimum absolute atomic E-state index is 0.533. The Kier molecular flexibility index (Phi) is 3.29. The molecule has 0 fully saturated rings. The summed E-state index contributed by atoms with van der Waals surface area (Å²) < 4.78 is 6.19. The first kappa shape index (κ1) is 16.2. The van der Waals surface area contributed by atoms with Crippen LogP contribution in [0.5, 0.6) is 0 Å². The molecular formula is C21H19BN4O. The fourth-order valence-electron chi connectivity index (χ4n) is 3.83. The van der Waals surface area contributed by atoms with E-state index < -0.39 is 5.44 Å². The Morgan fingerprint density at radius 3 is 2.63 bits per heavy atom. The number of furan rings is 1. The summed E-state index contributed by atoms with van der Waals surface area (Å²) in [5.74, 6) is 0.885. The molecule has 4 aromatic rings. The summed E-state index contributed by atoms with van der Waals surface area (Å²) in [5, 5.41) is 2.09. The van der Waals surface area contributed by atoms with Crippen molar-refractivity contribution >= 4 is 47.1 Å². The second kappa shape index (κ2) is 5.49. The largest absolute Gasteiger partial charge is 0.435 e. The van der Waals surface area contributed by atoms with Gasteiger partial charge in [0.05, 0.1) is 18.0 Å². The van der Waals surface area contributed by atoms with Crippen LogP contribution in [0.15, 0.2) is 53.2 Å². The average Bonchev–Trinajstić information content (AvgIpc) is 3.20. The molecule has 132 valence electrons. The van der Waals surface area contributed by atoms with Gasteiger partial charge in [0.2, 0.25) is 5.71 Å². The van der Waals surface area contributed by atoms with Gasteiger partial charge < -0.3 is 14.2 Å². The number of pyridine rings is 2. The van der Waals surface area contributed by atoms with Crippen LogP contribution in [0.2, 0.25) is 0 Å². The molecule has 1 aliphatic heterocycles. The van der Waals surface area contributed by atoms with Gasteiger partial charge in [-0.3, -0.25) is 0 Å². The van der Waals surface area contributed by atoms with Gasteiger partial charge in [-0.1, -0.05) is 26.0 Å². The van der Waals surface area contributed by atoms with Gasteiger partial charge in [0.15, 0.2) is 11.4 Å². The number of aromatic nitrogens is 2. The number of anilines is 3. The number of aryl methyl sites for hydroxylation is 1. The van der Waals surface area contributed by atoms with Gasteiger partial charge in [-0.2, -0.15) is 0 Å². The molecule has 1 aromatic carbocycles. The van der Waals surface area contributed by atoms with Crippen LogP contribution in [0.4, 0.5) is 17.2 Å².